The number of likely N-dealkylation sites (N-methyl/N-ethyl adjacent to an activating group) is 1. The van der Waals surface area contributed by atoms with Crippen molar-refractivity contribution in [2.24, 2.45) is 0 Å². The van der Waals surface area contributed by atoms with Gasteiger partial charge in [-0.15, -0.1) is 0 Å². The molecular weight excluding hydrogens is 226 g/mol. The molecule has 0 aliphatic carbocycles. The molecule has 0 bridgehead atoms. The fourth-order valence-electron chi connectivity index (χ4n) is 2.48. The first-order valence-electron chi connectivity index (χ1n) is 6.37. The SMILES string of the molecule is CCC(CC)(C(=O)Cc1ccnc(N)c1)N(C)C. The van der Waals surface area contributed by atoms with Crippen LogP contribution < -0.4 is 5.73 Å². The molecule has 0 spiro atoms. The van der Waals surface area contributed by atoms with E-state index in [0.29, 0.717) is 12.2 Å². The summed E-state index contributed by atoms with van der Waals surface area (Å²) in [4.78, 5) is 18.5. The normalized spacial score (nSPS) is 11.8. The van der Waals surface area contributed by atoms with E-state index in [0.717, 1.165) is 18.4 Å². The predicted molar refractivity (Wildman–Crippen MR) is 74.4 cm³/mol. The topological polar surface area (TPSA) is 59.2 Å². The Morgan fingerprint density at radius 2 is 2.00 bits per heavy atom. The van der Waals surface area contributed by atoms with Gasteiger partial charge in [-0.25, -0.2) is 4.98 Å². The zero-order valence-corrected chi connectivity index (χ0v) is 11.7. The summed E-state index contributed by atoms with van der Waals surface area (Å²) >= 11 is 0. The average Bonchev–Trinajstić information content (AvgIpc) is 2.30. The van der Waals surface area contributed by atoms with Crippen molar-refractivity contribution >= 4 is 11.6 Å². The van der Waals surface area contributed by atoms with E-state index >= 15 is 0 Å². The molecule has 4 heteroatoms. The first kappa shape index (κ1) is 14.6. The predicted octanol–water partition coefficient (Wildman–Crippen LogP) is 1.90. The van der Waals surface area contributed by atoms with Crippen molar-refractivity contribution < 1.29 is 4.79 Å². The van der Waals surface area contributed by atoms with E-state index in [1.165, 1.54) is 0 Å². The van der Waals surface area contributed by atoms with E-state index in [1.807, 2.05) is 25.1 Å². The van der Waals surface area contributed by atoms with Crippen LogP contribution in [-0.2, 0) is 11.2 Å². The molecule has 0 atom stereocenters. The van der Waals surface area contributed by atoms with Crippen molar-refractivity contribution in [3.05, 3.63) is 23.9 Å². The number of hydrogen-bond acceptors (Lipinski definition) is 4. The van der Waals surface area contributed by atoms with Gasteiger partial charge in [0, 0.05) is 12.6 Å². The highest BCUT2D eigenvalue weighted by Gasteiger charge is 2.36. The number of Topliss-reactive ketones (excluding diaryl/α,β-unsaturated/α-hetero) is 1. The summed E-state index contributed by atoms with van der Waals surface area (Å²) in [6.45, 7) is 4.12. The molecule has 0 fully saturated rings. The van der Waals surface area contributed by atoms with Crippen LogP contribution in [0.2, 0.25) is 0 Å². The van der Waals surface area contributed by atoms with Gasteiger partial charge in [-0.2, -0.15) is 0 Å². The van der Waals surface area contributed by atoms with Crippen molar-refractivity contribution in [1.82, 2.24) is 9.88 Å². The van der Waals surface area contributed by atoms with Crippen LogP contribution in [0.25, 0.3) is 0 Å². The third kappa shape index (κ3) is 2.88. The number of ketones is 1. The van der Waals surface area contributed by atoms with Crippen LogP contribution in [0.4, 0.5) is 5.82 Å². The van der Waals surface area contributed by atoms with Gasteiger partial charge in [-0.05, 0) is 44.6 Å². The monoisotopic (exact) mass is 249 g/mol. The van der Waals surface area contributed by atoms with Crippen molar-refractivity contribution in [3.8, 4) is 0 Å². The Morgan fingerprint density at radius 1 is 1.39 bits per heavy atom. The van der Waals surface area contributed by atoms with E-state index in [2.05, 4.69) is 18.8 Å². The van der Waals surface area contributed by atoms with E-state index in [-0.39, 0.29) is 11.3 Å². The summed E-state index contributed by atoms with van der Waals surface area (Å²) in [5, 5.41) is 0. The molecule has 0 radical (unpaired) electrons. The highest BCUT2D eigenvalue weighted by molar-refractivity contribution is 5.90. The van der Waals surface area contributed by atoms with Crippen LogP contribution in [-0.4, -0.2) is 35.3 Å². The minimum Gasteiger partial charge on any atom is -0.384 e. The Kier molecular flexibility index (Phi) is 4.84. The van der Waals surface area contributed by atoms with Crippen LogP contribution in [0, 0.1) is 0 Å². The molecule has 18 heavy (non-hydrogen) atoms. The molecule has 1 rings (SSSR count). The van der Waals surface area contributed by atoms with Gasteiger partial charge in [0.05, 0.1) is 5.54 Å². The van der Waals surface area contributed by atoms with Crippen molar-refractivity contribution in [3.63, 3.8) is 0 Å². The lowest BCUT2D eigenvalue weighted by Gasteiger charge is -2.37. The summed E-state index contributed by atoms with van der Waals surface area (Å²) in [5.74, 6) is 0.701. The molecule has 1 aromatic heterocycles. The van der Waals surface area contributed by atoms with Gasteiger partial charge in [0.1, 0.15) is 5.82 Å². The number of carbonyl (C=O) groups excluding carboxylic acids is 1. The maximum absolute atomic E-state index is 12.5. The number of anilines is 1. The van der Waals surface area contributed by atoms with E-state index < -0.39 is 0 Å². The minimum atomic E-state index is -0.377. The Bertz CT molecular complexity index is 411. The number of pyridine rings is 1. The van der Waals surface area contributed by atoms with Crippen molar-refractivity contribution in [2.45, 2.75) is 38.6 Å². The third-order valence-electron chi connectivity index (χ3n) is 3.76. The fraction of sp³-hybridized carbons (Fsp3) is 0.571. The molecule has 1 aromatic rings. The third-order valence-corrected chi connectivity index (χ3v) is 3.76. The van der Waals surface area contributed by atoms with Gasteiger partial charge >= 0.3 is 0 Å². The van der Waals surface area contributed by atoms with Gasteiger partial charge < -0.3 is 5.73 Å². The molecule has 0 unspecified atom stereocenters. The molecule has 0 saturated heterocycles. The first-order chi connectivity index (χ1) is 8.46. The lowest BCUT2D eigenvalue weighted by molar-refractivity contribution is -0.129. The number of hydrogen-bond donors (Lipinski definition) is 1. The maximum atomic E-state index is 12.5. The highest BCUT2D eigenvalue weighted by Crippen LogP contribution is 2.24. The second-order valence-corrected chi connectivity index (χ2v) is 4.82. The summed E-state index contributed by atoms with van der Waals surface area (Å²) in [6.07, 6.45) is 3.69. The Balaban J connectivity index is 2.92. The summed E-state index contributed by atoms with van der Waals surface area (Å²) in [6, 6.07) is 3.61. The zero-order chi connectivity index (χ0) is 13.8. The Labute approximate surface area is 109 Å². The smallest absolute Gasteiger partial charge is 0.157 e. The van der Waals surface area contributed by atoms with E-state index in [9.17, 15) is 4.79 Å². The van der Waals surface area contributed by atoms with Crippen LogP contribution in [0.1, 0.15) is 32.3 Å². The number of nitrogens with two attached hydrogens (primary N) is 1. The van der Waals surface area contributed by atoms with Gasteiger partial charge in [-0.1, -0.05) is 13.8 Å². The lowest BCUT2D eigenvalue weighted by Crippen LogP contribution is -2.50. The number of nitrogen functional groups attached to an aromatic ring is 1. The number of rotatable bonds is 6. The molecule has 0 saturated carbocycles. The lowest BCUT2D eigenvalue weighted by atomic mass is 9.84. The maximum Gasteiger partial charge on any atom is 0.157 e. The van der Waals surface area contributed by atoms with Crippen LogP contribution in [0.3, 0.4) is 0 Å². The standard InChI is InChI=1S/C14H23N3O/c1-5-14(6-2,17(3)4)12(18)9-11-7-8-16-13(15)10-11/h7-8,10H,5-6,9H2,1-4H3,(H2,15,16). The number of nitrogens with zero attached hydrogens (tertiary/aromatic N) is 2. The number of aromatic nitrogens is 1. The molecule has 100 valence electrons. The highest BCUT2D eigenvalue weighted by atomic mass is 16.1. The second kappa shape index (κ2) is 5.96. The quantitative estimate of drug-likeness (QED) is 0.836. The molecule has 0 aromatic carbocycles. The van der Waals surface area contributed by atoms with Gasteiger partial charge in [0.2, 0.25) is 0 Å². The van der Waals surface area contributed by atoms with Gasteiger partial charge in [-0.3, -0.25) is 9.69 Å². The fourth-order valence-corrected chi connectivity index (χ4v) is 2.48. The van der Waals surface area contributed by atoms with Gasteiger partial charge in [0.25, 0.3) is 0 Å². The van der Waals surface area contributed by atoms with E-state index in [4.69, 9.17) is 5.73 Å². The minimum absolute atomic E-state index is 0.239. The van der Waals surface area contributed by atoms with Gasteiger partial charge in [0.15, 0.2) is 5.78 Å². The zero-order valence-electron chi connectivity index (χ0n) is 11.7. The van der Waals surface area contributed by atoms with Crippen LogP contribution >= 0.6 is 0 Å². The summed E-state index contributed by atoms with van der Waals surface area (Å²) in [7, 11) is 3.93. The summed E-state index contributed by atoms with van der Waals surface area (Å²) < 4.78 is 0. The molecule has 2 N–H and O–H groups in total. The summed E-state index contributed by atoms with van der Waals surface area (Å²) in [5.41, 5.74) is 6.19. The molecule has 0 aliphatic heterocycles. The molecule has 0 aliphatic rings. The van der Waals surface area contributed by atoms with Crippen molar-refractivity contribution in [1.29, 1.82) is 0 Å². The average molecular weight is 249 g/mol. The largest absolute Gasteiger partial charge is 0.384 e. The van der Waals surface area contributed by atoms with E-state index in [1.54, 1.807) is 12.3 Å². The van der Waals surface area contributed by atoms with Crippen LogP contribution in [0.5, 0.6) is 0 Å². The molecule has 0 amide bonds. The molecule has 1 heterocycles. The van der Waals surface area contributed by atoms with Crippen LogP contribution in [0.15, 0.2) is 18.3 Å². The second-order valence-electron chi connectivity index (χ2n) is 4.82. The molecular formula is C14H23N3O. The molecule has 4 nitrogen and oxygen atoms in total. The Hall–Kier alpha value is -1.42. The van der Waals surface area contributed by atoms with Crippen molar-refractivity contribution in [2.75, 3.05) is 19.8 Å². The Morgan fingerprint density at radius 3 is 2.44 bits per heavy atom. The number of carbonyl (C=O) groups is 1. The first-order valence-corrected chi connectivity index (χ1v) is 6.37.